The molecule has 0 aliphatic carbocycles. The van der Waals surface area contributed by atoms with E-state index in [2.05, 4.69) is 5.32 Å². The zero-order valence-electron chi connectivity index (χ0n) is 13.9. The van der Waals surface area contributed by atoms with Gasteiger partial charge in [0, 0.05) is 45.2 Å². The molecule has 0 spiro atoms. The van der Waals surface area contributed by atoms with Gasteiger partial charge in [-0.1, -0.05) is 0 Å². The molecular weight excluding hydrogens is 270 g/mol. The summed E-state index contributed by atoms with van der Waals surface area (Å²) in [6, 6.07) is -0.160. The van der Waals surface area contributed by atoms with Gasteiger partial charge in [0.25, 0.3) is 0 Å². The van der Waals surface area contributed by atoms with Gasteiger partial charge >= 0.3 is 6.09 Å². The summed E-state index contributed by atoms with van der Waals surface area (Å²) >= 11 is 0. The van der Waals surface area contributed by atoms with E-state index in [4.69, 9.17) is 4.74 Å². The van der Waals surface area contributed by atoms with Gasteiger partial charge in [-0.3, -0.25) is 4.79 Å². The first kappa shape index (κ1) is 17.8. The summed E-state index contributed by atoms with van der Waals surface area (Å²) in [5, 5.41) is 3.22. The monoisotopic (exact) mass is 299 g/mol. The number of piperazine rings is 1. The van der Waals surface area contributed by atoms with Crippen LogP contribution in [0, 0.1) is 0 Å². The average molecular weight is 299 g/mol. The third-order valence-electron chi connectivity index (χ3n) is 3.44. The molecule has 0 saturated carbocycles. The number of ether oxygens (including phenoxy) is 1. The van der Waals surface area contributed by atoms with Gasteiger partial charge < -0.3 is 19.9 Å². The smallest absolute Gasteiger partial charge is 0.410 e. The quantitative estimate of drug-likeness (QED) is 0.853. The van der Waals surface area contributed by atoms with Crippen LogP contribution in [0.5, 0.6) is 0 Å². The molecule has 1 N–H and O–H groups in total. The Hall–Kier alpha value is -1.30. The molecule has 0 aromatic rings. The molecule has 0 unspecified atom stereocenters. The number of nitrogens with one attached hydrogen (secondary N) is 1. The van der Waals surface area contributed by atoms with E-state index in [1.54, 1.807) is 4.90 Å². The Morgan fingerprint density at radius 3 is 2.33 bits per heavy atom. The SMILES string of the molecule is CCN(C(=O)OC(C)(C)C)[C@@H](C)CC(=O)N1CCNCC1. The van der Waals surface area contributed by atoms with Crippen LogP contribution in [0.1, 0.15) is 41.0 Å². The first-order valence-electron chi connectivity index (χ1n) is 7.72. The lowest BCUT2D eigenvalue weighted by Gasteiger charge is -2.33. The number of nitrogens with zero attached hydrogens (tertiary/aromatic N) is 2. The summed E-state index contributed by atoms with van der Waals surface area (Å²) in [4.78, 5) is 27.9. The highest BCUT2D eigenvalue weighted by atomic mass is 16.6. The Kier molecular flexibility index (Phi) is 6.45. The van der Waals surface area contributed by atoms with Crippen LogP contribution in [0.25, 0.3) is 0 Å². The molecule has 2 amide bonds. The van der Waals surface area contributed by atoms with Gasteiger partial charge in [-0.2, -0.15) is 0 Å². The molecule has 1 heterocycles. The molecule has 21 heavy (non-hydrogen) atoms. The van der Waals surface area contributed by atoms with E-state index >= 15 is 0 Å². The number of hydrogen-bond donors (Lipinski definition) is 1. The first-order chi connectivity index (χ1) is 9.74. The van der Waals surface area contributed by atoms with Crippen LogP contribution in [-0.4, -0.2) is 66.2 Å². The Balaban J connectivity index is 2.55. The molecule has 1 aliphatic rings. The van der Waals surface area contributed by atoms with E-state index in [1.807, 2.05) is 39.5 Å². The molecule has 6 heteroatoms. The largest absolute Gasteiger partial charge is 0.444 e. The molecule has 1 fully saturated rings. The summed E-state index contributed by atoms with van der Waals surface area (Å²) in [6.07, 6.45) is -0.0156. The van der Waals surface area contributed by atoms with Gasteiger partial charge in [-0.05, 0) is 34.6 Å². The van der Waals surface area contributed by atoms with Gasteiger partial charge in [0.15, 0.2) is 0 Å². The van der Waals surface area contributed by atoms with Crippen LogP contribution in [0.3, 0.4) is 0 Å². The van der Waals surface area contributed by atoms with Gasteiger partial charge in [0.2, 0.25) is 5.91 Å². The standard InChI is InChI=1S/C15H29N3O3/c1-6-18(14(20)21-15(3,4)5)12(2)11-13(19)17-9-7-16-8-10-17/h12,16H,6-11H2,1-5H3/t12-/m0/s1. The van der Waals surface area contributed by atoms with Crippen molar-refractivity contribution in [3.8, 4) is 0 Å². The lowest BCUT2D eigenvalue weighted by molar-refractivity contribution is -0.132. The summed E-state index contributed by atoms with van der Waals surface area (Å²) in [5.41, 5.74) is -0.521. The first-order valence-corrected chi connectivity index (χ1v) is 7.72. The Morgan fingerprint density at radius 1 is 1.29 bits per heavy atom. The van der Waals surface area contributed by atoms with E-state index in [0.717, 1.165) is 26.2 Å². The van der Waals surface area contributed by atoms with E-state index < -0.39 is 5.60 Å². The normalized spacial score (nSPS) is 17.3. The zero-order valence-corrected chi connectivity index (χ0v) is 13.9. The number of carbonyl (C=O) groups is 2. The number of rotatable bonds is 4. The van der Waals surface area contributed by atoms with Crippen LogP contribution >= 0.6 is 0 Å². The maximum Gasteiger partial charge on any atom is 0.410 e. The third kappa shape index (κ3) is 5.91. The molecule has 0 bridgehead atoms. The number of amides is 2. The fourth-order valence-corrected chi connectivity index (χ4v) is 2.35. The predicted molar refractivity (Wildman–Crippen MR) is 82.1 cm³/mol. The predicted octanol–water partition coefficient (Wildman–Crippen LogP) is 1.45. The van der Waals surface area contributed by atoms with Crippen molar-refractivity contribution in [2.45, 2.75) is 52.7 Å². The van der Waals surface area contributed by atoms with E-state index in [-0.39, 0.29) is 18.0 Å². The highest BCUT2D eigenvalue weighted by molar-refractivity contribution is 5.78. The maximum absolute atomic E-state index is 12.3. The van der Waals surface area contributed by atoms with Crippen molar-refractivity contribution in [2.75, 3.05) is 32.7 Å². The van der Waals surface area contributed by atoms with Crippen molar-refractivity contribution < 1.29 is 14.3 Å². The highest BCUT2D eigenvalue weighted by Gasteiger charge is 2.27. The van der Waals surface area contributed by atoms with Crippen molar-refractivity contribution >= 4 is 12.0 Å². The summed E-state index contributed by atoms with van der Waals surface area (Å²) in [5.74, 6) is 0.103. The van der Waals surface area contributed by atoms with Crippen molar-refractivity contribution in [3.05, 3.63) is 0 Å². The third-order valence-corrected chi connectivity index (χ3v) is 3.44. The second-order valence-electron chi connectivity index (χ2n) is 6.45. The molecule has 0 aromatic carbocycles. The minimum atomic E-state index is -0.521. The minimum Gasteiger partial charge on any atom is -0.444 e. The summed E-state index contributed by atoms with van der Waals surface area (Å²) in [7, 11) is 0. The van der Waals surface area contributed by atoms with Crippen LogP contribution in [0.2, 0.25) is 0 Å². The lowest BCUT2D eigenvalue weighted by Crippen LogP contribution is -2.49. The number of hydrogen-bond acceptors (Lipinski definition) is 4. The molecule has 6 nitrogen and oxygen atoms in total. The molecule has 1 saturated heterocycles. The van der Waals surface area contributed by atoms with Gasteiger partial charge in [-0.15, -0.1) is 0 Å². The van der Waals surface area contributed by atoms with Gasteiger partial charge in [0.05, 0.1) is 0 Å². The Labute approximate surface area is 127 Å². The number of carbonyl (C=O) groups excluding carboxylic acids is 2. The fourth-order valence-electron chi connectivity index (χ4n) is 2.35. The minimum absolute atomic E-state index is 0.103. The molecule has 0 aromatic heterocycles. The molecule has 1 rings (SSSR count). The Morgan fingerprint density at radius 2 is 1.86 bits per heavy atom. The average Bonchev–Trinajstić information content (AvgIpc) is 2.38. The second kappa shape index (κ2) is 7.64. The van der Waals surface area contributed by atoms with Crippen LogP contribution < -0.4 is 5.32 Å². The lowest BCUT2D eigenvalue weighted by atomic mass is 10.1. The topological polar surface area (TPSA) is 61.9 Å². The Bertz CT molecular complexity index is 360. The molecule has 1 aliphatic heterocycles. The van der Waals surface area contributed by atoms with Crippen LogP contribution in [0.4, 0.5) is 4.79 Å². The summed E-state index contributed by atoms with van der Waals surface area (Å²) in [6.45, 7) is 13.0. The summed E-state index contributed by atoms with van der Waals surface area (Å²) < 4.78 is 5.39. The highest BCUT2D eigenvalue weighted by Crippen LogP contribution is 2.14. The van der Waals surface area contributed by atoms with Crippen LogP contribution in [0.15, 0.2) is 0 Å². The molecule has 0 radical (unpaired) electrons. The van der Waals surface area contributed by atoms with Gasteiger partial charge in [-0.25, -0.2) is 4.79 Å². The zero-order chi connectivity index (χ0) is 16.0. The fraction of sp³-hybridized carbons (Fsp3) is 0.867. The van der Waals surface area contributed by atoms with E-state index in [0.29, 0.717) is 13.0 Å². The molecular formula is C15H29N3O3. The second-order valence-corrected chi connectivity index (χ2v) is 6.45. The van der Waals surface area contributed by atoms with Crippen molar-refractivity contribution in [2.24, 2.45) is 0 Å². The van der Waals surface area contributed by atoms with Crippen molar-refractivity contribution in [3.63, 3.8) is 0 Å². The van der Waals surface area contributed by atoms with E-state index in [9.17, 15) is 9.59 Å². The van der Waals surface area contributed by atoms with E-state index in [1.165, 1.54) is 0 Å². The molecule has 1 atom stereocenters. The van der Waals surface area contributed by atoms with Crippen LogP contribution in [-0.2, 0) is 9.53 Å². The maximum atomic E-state index is 12.3. The molecule has 122 valence electrons. The van der Waals surface area contributed by atoms with Gasteiger partial charge in [0.1, 0.15) is 5.60 Å². The van der Waals surface area contributed by atoms with Crippen molar-refractivity contribution in [1.29, 1.82) is 0 Å². The van der Waals surface area contributed by atoms with Crippen molar-refractivity contribution in [1.82, 2.24) is 15.1 Å².